The Kier molecular flexibility index (Phi) is 7.01. The Morgan fingerprint density at radius 2 is 2.19 bits per heavy atom. The van der Waals surface area contributed by atoms with Crippen molar-refractivity contribution in [2.75, 3.05) is 31.6 Å². The van der Waals surface area contributed by atoms with E-state index in [0.717, 1.165) is 0 Å². The minimum atomic E-state index is -0.607. The maximum absolute atomic E-state index is 12.4. The molecule has 2 aromatic heterocycles. The van der Waals surface area contributed by atoms with E-state index in [4.69, 9.17) is 11.0 Å². The molecule has 1 fully saturated rings. The summed E-state index contributed by atoms with van der Waals surface area (Å²) in [5.41, 5.74) is 10.0. The predicted octanol–water partition coefficient (Wildman–Crippen LogP) is -0.268. The van der Waals surface area contributed by atoms with Crippen molar-refractivity contribution in [1.82, 2.24) is 30.3 Å². The average molecular weight is 439 g/mol. The summed E-state index contributed by atoms with van der Waals surface area (Å²) in [7, 11) is 1.86. The van der Waals surface area contributed by atoms with Crippen LogP contribution in [0.4, 0.5) is 10.6 Å². The molecule has 32 heavy (non-hydrogen) atoms. The second kappa shape index (κ2) is 9.88. The number of aromatic nitrogens is 3. The number of carbonyl (C=O) groups excluding carboxylic acids is 3. The van der Waals surface area contributed by atoms with Crippen molar-refractivity contribution in [2.45, 2.75) is 18.9 Å². The van der Waals surface area contributed by atoms with Crippen LogP contribution in [0.5, 0.6) is 0 Å². The Morgan fingerprint density at radius 3 is 2.88 bits per heavy atom. The van der Waals surface area contributed by atoms with Crippen LogP contribution in [-0.4, -0.2) is 70.0 Å². The number of carbonyl (C=O) groups is 3. The first-order valence-corrected chi connectivity index (χ1v) is 10.0. The van der Waals surface area contributed by atoms with E-state index in [-0.39, 0.29) is 30.8 Å². The maximum Gasteiger partial charge on any atom is 0.345 e. The molecule has 0 unspecified atom stereocenters. The van der Waals surface area contributed by atoms with Crippen molar-refractivity contribution < 1.29 is 14.4 Å². The van der Waals surface area contributed by atoms with Gasteiger partial charge in [0.2, 0.25) is 5.91 Å². The highest BCUT2D eigenvalue weighted by atomic mass is 16.2. The lowest BCUT2D eigenvalue weighted by Crippen LogP contribution is -2.53. The van der Waals surface area contributed by atoms with Gasteiger partial charge in [-0.3, -0.25) is 19.6 Å². The first-order chi connectivity index (χ1) is 15.4. The van der Waals surface area contributed by atoms with Crippen molar-refractivity contribution in [1.29, 1.82) is 5.26 Å². The summed E-state index contributed by atoms with van der Waals surface area (Å²) in [4.78, 5) is 48.3. The van der Waals surface area contributed by atoms with Gasteiger partial charge in [-0.1, -0.05) is 6.08 Å². The molecule has 0 saturated carbocycles. The van der Waals surface area contributed by atoms with Crippen molar-refractivity contribution in [3.05, 3.63) is 31.2 Å². The molecule has 0 radical (unpaired) electrons. The Bertz CT molecular complexity index is 1070. The predicted molar refractivity (Wildman–Crippen MR) is 116 cm³/mol. The van der Waals surface area contributed by atoms with Gasteiger partial charge >= 0.3 is 6.03 Å². The molecule has 2 aromatic rings. The van der Waals surface area contributed by atoms with Crippen LogP contribution in [0.15, 0.2) is 31.2 Å². The summed E-state index contributed by atoms with van der Waals surface area (Å²) >= 11 is 0. The molecule has 168 valence electrons. The third-order valence-corrected chi connectivity index (χ3v) is 5.52. The summed E-state index contributed by atoms with van der Waals surface area (Å²) in [6, 6.07) is 2.88. The number of nitrogens with zero attached hydrogens (tertiary/aromatic N) is 6. The first-order valence-electron chi connectivity index (χ1n) is 10.0. The molecule has 12 heteroatoms. The summed E-state index contributed by atoms with van der Waals surface area (Å²) < 4.78 is 1.25. The van der Waals surface area contributed by atoms with E-state index in [1.54, 1.807) is 11.0 Å². The first kappa shape index (κ1) is 22.7. The Balaban J connectivity index is 1.88. The number of amides is 3. The van der Waals surface area contributed by atoms with E-state index in [2.05, 4.69) is 27.4 Å². The average Bonchev–Trinajstić information content (AvgIpc) is 3.26. The van der Waals surface area contributed by atoms with Crippen LogP contribution in [0.3, 0.4) is 0 Å². The summed E-state index contributed by atoms with van der Waals surface area (Å²) in [5.74, 6) is -0.0521. The second-order valence-electron chi connectivity index (χ2n) is 7.34. The fourth-order valence-electron chi connectivity index (χ4n) is 3.81. The van der Waals surface area contributed by atoms with E-state index in [9.17, 15) is 14.4 Å². The van der Waals surface area contributed by atoms with Crippen molar-refractivity contribution in [3.8, 4) is 6.07 Å². The number of piperidine rings is 1. The molecule has 1 aliphatic rings. The lowest BCUT2D eigenvalue weighted by atomic mass is 9.90. The van der Waals surface area contributed by atoms with E-state index >= 15 is 0 Å². The molecule has 0 bridgehead atoms. The summed E-state index contributed by atoms with van der Waals surface area (Å²) in [6.07, 6.45) is 5.29. The van der Waals surface area contributed by atoms with Gasteiger partial charge in [0.1, 0.15) is 18.6 Å². The highest BCUT2D eigenvalue weighted by Crippen LogP contribution is 2.30. The molecule has 2 atom stereocenters. The quantitative estimate of drug-likeness (QED) is 0.424. The molecule has 0 aliphatic carbocycles. The molecule has 1 saturated heterocycles. The topological polar surface area (TPSA) is 162 Å². The minimum Gasteiger partial charge on any atom is -0.354 e. The zero-order valence-electron chi connectivity index (χ0n) is 17.7. The van der Waals surface area contributed by atoms with Gasteiger partial charge in [0.25, 0.3) is 5.91 Å². The number of nitriles is 1. The third kappa shape index (κ3) is 4.52. The molecule has 1 aliphatic heterocycles. The number of nitrogens with one attached hydrogen (secondary N) is 2. The smallest absolute Gasteiger partial charge is 0.345 e. The fraction of sp³-hybridized carbons (Fsp3) is 0.400. The largest absolute Gasteiger partial charge is 0.354 e. The van der Waals surface area contributed by atoms with Gasteiger partial charge in [-0.25, -0.2) is 20.2 Å². The van der Waals surface area contributed by atoms with Crippen molar-refractivity contribution >= 4 is 34.7 Å². The van der Waals surface area contributed by atoms with Gasteiger partial charge in [0.05, 0.1) is 24.0 Å². The van der Waals surface area contributed by atoms with Crippen molar-refractivity contribution in [3.63, 3.8) is 0 Å². The van der Waals surface area contributed by atoms with E-state index in [0.29, 0.717) is 36.4 Å². The molecule has 0 spiro atoms. The number of likely N-dealkylation sites (N-methyl/N-ethyl adjacent to an activating group) is 1. The molecule has 4 N–H and O–H groups in total. The zero-order chi connectivity index (χ0) is 23.3. The molecular weight excluding hydrogens is 414 g/mol. The molecule has 0 aromatic carbocycles. The monoisotopic (exact) mass is 439 g/mol. The Labute approximate surface area is 184 Å². The van der Waals surface area contributed by atoms with Gasteiger partial charge in [-0.15, -0.1) is 6.58 Å². The number of fused-ring (bicyclic) bond motifs is 1. The van der Waals surface area contributed by atoms with Gasteiger partial charge in [-0.2, -0.15) is 5.26 Å². The lowest BCUT2D eigenvalue weighted by molar-refractivity contribution is -0.131. The maximum atomic E-state index is 12.4. The van der Waals surface area contributed by atoms with Crippen LogP contribution in [0, 0.1) is 17.2 Å². The number of anilines is 1. The van der Waals surface area contributed by atoms with E-state index < -0.39 is 11.9 Å². The standard InChI is InChI=1S/C20H25N9O3/c1-3-13-5-8-28(17(31)4-7-21)11-15(13)27(2)18-14-6-9-29(19(14)24-12-23-18)20(32)26-25-16(30)10-22/h3,6,9,12-13,15H,1,4-5,8,10-11,22H2,2H3,(H,25,30)(H,26,32)/t13-,15+/m1/s1. The molecule has 3 rings (SSSR count). The third-order valence-electron chi connectivity index (χ3n) is 5.52. The zero-order valence-corrected chi connectivity index (χ0v) is 17.7. The number of rotatable bonds is 5. The van der Waals surface area contributed by atoms with Gasteiger partial charge < -0.3 is 15.5 Å². The Hall–Kier alpha value is -3.98. The summed E-state index contributed by atoms with van der Waals surface area (Å²) in [6.45, 7) is 4.66. The summed E-state index contributed by atoms with van der Waals surface area (Å²) in [5, 5.41) is 9.49. The number of hydrazine groups is 1. The van der Waals surface area contributed by atoms with Gasteiger partial charge in [0, 0.05) is 32.3 Å². The van der Waals surface area contributed by atoms with E-state index in [1.165, 1.54) is 17.1 Å². The van der Waals surface area contributed by atoms with Crippen LogP contribution >= 0.6 is 0 Å². The number of hydrogen-bond acceptors (Lipinski definition) is 8. The number of likely N-dealkylation sites (tertiary alicyclic amines) is 1. The fourth-order valence-corrected chi connectivity index (χ4v) is 3.81. The van der Waals surface area contributed by atoms with Crippen molar-refractivity contribution in [2.24, 2.45) is 11.7 Å². The highest BCUT2D eigenvalue weighted by molar-refractivity contribution is 5.95. The number of nitrogens with two attached hydrogens (primary N) is 1. The van der Waals surface area contributed by atoms with Gasteiger partial charge in [-0.05, 0) is 12.5 Å². The van der Waals surface area contributed by atoms with Crippen LogP contribution in [0.2, 0.25) is 0 Å². The normalized spacial score (nSPS) is 18.0. The molecule has 3 amide bonds. The second-order valence-corrected chi connectivity index (χ2v) is 7.34. The SMILES string of the molecule is C=C[C@@H]1CCN(C(=O)CC#N)C[C@@H]1N(C)c1ncnc2c1ccn2C(=O)NNC(=O)CN. The Morgan fingerprint density at radius 1 is 1.41 bits per heavy atom. The van der Waals surface area contributed by atoms with Crippen LogP contribution in [0.1, 0.15) is 12.8 Å². The molecular formula is C20H25N9O3. The number of hydrogen-bond donors (Lipinski definition) is 3. The van der Waals surface area contributed by atoms with Crippen LogP contribution < -0.4 is 21.5 Å². The molecule has 12 nitrogen and oxygen atoms in total. The minimum absolute atomic E-state index is 0.105. The van der Waals surface area contributed by atoms with Crippen LogP contribution in [0.25, 0.3) is 11.0 Å². The van der Waals surface area contributed by atoms with Crippen LogP contribution in [-0.2, 0) is 9.59 Å². The van der Waals surface area contributed by atoms with Gasteiger partial charge in [0.15, 0.2) is 5.65 Å². The molecule has 3 heterocycles. The lowest BCUT2D eigenvalue weighted by Gasteiger charge is -2.42. The highest BCUT2D eigenvalue weighted by Gasteiger charge is 2.33. The van der Waals surface area contributed by atoms with E-state index in [1.807, 2.05) is 24.1 Å².